The molecule has 0 amide bonds. The largest absolute Gasteiger partial charge is 0.480 e. The molecule has 0 fully saturated rings. The van der Waals surface area contributed by atoms with E-state index in [-0.39, 0.29) is 138 Å². The van der Waals surface area contributed by atoms with Crippen LogP contribution in [0.5, 0.6) is 0 Å². The van der Waals surface area contributed by atoms with E-state index >= 15 is 0 Å². The van der Waals surface area contributed by atoms with Crippen molar-refractivity contribution in [2.45, 2.75) is 20.8 Å². The van der Waals surface area contributed by atoms with E-state index < -0.39 is 149 Å². The van der Waals surface area contributed by atoms with Gasteiger partial charge in [0.1, 0.15) is 5.78 Å². The maximum atomic E-state index is 11.2. The molecule has 0 bridgehead atoms. The molecule has 0 rings (SSSR count). The molecule has 0 spiro atoms. The van der Waals surface area contributed by atoms with Crippen molar-refractivity contribution in [2.24, 2.45) is 0 Å². The van der Waals surface area contributed by atoms with Gasteiger partial charge < -0.3 is 85.7 Å². The number of aliphatic hydroxyl groups excluding tert-OH is 1. The van der Waals surface area contributed by atoms with Crippen molar-refractivity contribution in [3.05, 3.63) is 0 Å². The highest BCUT2D eigenvalue weighted by Gasteiger charge is 2.21. The zero-order valence-corrected chi connectivity index (χ0v) is 47.9. The average molecular weight is 1290 g/mol. The van der Waals surface area contributed by atoms with E-state index in [1.165, 1.54) is 48.3 Å². The lowest BCUT2D eigenvalue weighted by Gasteiger charge is -2.24. The Labute approximate surface area is 503 Å². The third kappa shape index (κ3) is 65.4. The van der Waals surface area contributed by atoms with Gasteiger partial charge in [0.05, 0.1) is 138 Å². The van der Waals surface area contributed by atoms with E-state index in [0.717, 1.165) is 4.90 Å². The van der Waals surface area contributed by atoms with Gasteiger partial charge >= 0.3 is 83.6 Å². The van der Waals surface area contributed by atoms with E-state index in [1.807, 2.05) is 0 Å². The summed E-state index contributed by atoms with van der Waals surface area (Å²) < 4.78 is 14.9. The predicted molar refractivity (Wildman–Crippen MR) is 294 cm³/mol. The SMILES string of the molecule is C.CC(=O)CN(CCN(CC(=O)O)CC(=O)O)CC(=O)O.COC(=O)CN(CCCN(CC(=O)O)CC(=O)O)CC(=O)O.O=C(O)CN(CCO)CCN(CC(=O)O)CC(=O)O.O=C(O)CN(CCOCCOCCN(CC(=O)O)CC(=O)O)CC(=O)O. The Bertz CT molecular complexity index is 2000. The monoisotopic (exact) mass is 1280 g/mol. The van der Waals surface area contributed by atoms with Crippen molar-refractivity contribution in [3.8, 4) is 0 Å². The Balaban J connectivity index is -0.000000349. The van der Waals surface area contributed by atoms with Gasteiger partial charge in [0, 0.05) is 58.9 Å². The summed E-state index contributed by atoms with van der Waals surface area (Å²) in [5.41, 5.74) is 0. The van der Waals surface area contributed by atoms with Crippen LogP contribution < -0.4 is 0 Å². The highest BCUT2D eigenvalue weighted by atomic mass is 16.5. The normalized spacial score (nSPS) is 10.7. The Kier molecular flexibility index (Phi) is 54.6. The number of aliphatic hydroxyl groups is 1. The minimum Gasteiger partial charge on any atom is -0.480 e. The summed E-state index contributed by atoms with van der Waals surface area (Å²) in [6.45, 7) is -2.86. The molecule has 0 aromatic heterocycles. The number of Topliss-reactive ketones (excluding diaryl/α,β-unsaturated/α-hetero) is 1. The number of aliphatic carboxylic acids is 13. The number of nitrogens with zero attached hydrogens (tertiary/aromatic N) is 8. The molecule has 0 aromatic rings. The van der Waals surface area contributed by atoms with Crippen LogP contribution >= 0.6 is 0 Å². The second-order valence-corrected chi connectivity index (χ2v) is 17.9. The highest BCUT2D eigenvalue weighted by molar-refractivity contribution is 5.79. The molecule has 0 heterocycles. The molecule has 88 heavy (non-hydrogen) atoms. The Morgan fingerprint density at radius 3 is 0.705 bits per heavy atom. The first kappa shape index (κ1) is 88.6. The van der Waals surface area contributed by atoms with Crippen LogP contribution in [0.1, 0.15) is 20.8 Å². The first-order valence-electron chi connectivity index (χ1n) is 25.4. The number of ketones is 1. The number of hydrogen-bond donors (Lipinski definition) is 14. The van der Waals surface area contributed by atoms with Crippen LogP contribution in [-0.2, 0) is 86.1 Å². The predicted octanol–water partition coefficient (Wildman–Crippen LogP) is -6.72. The number of carboxylic acid groups (broad SMARTS) is 13. The van der Waals surface area contributed by atoms with Gasteiger partial charge in [-0.15, -0.1) is 0 Å². The first-order valence-corrected chi connectivity index (χ1v) is 25.4. The number of carboxylic acids is 13. The van der Waals surface area contributed by atoms with Gasteiger partial charge in [-0.25, -0.2) is 0 Å². The molecule has 0 atom stereocenters. The second-order valence-electron chi connectivity index (χ2n) is 17.9. The van der Waals surface area contributed by atoms with Crippen LogP contribution in [0.25, 0.3) is 0 Å². The molecule has 0 aliphatic heterocycles. The summed E-state index contributed by atoms with van der Waals surface area (Å²) >= 11 is 0. The smallest absolute Gasteiger partial charge is 0.319 e. The number of hydrogen-bond acceptors (Lipinski definition) is 27. The zero-order valence-electron chi connectivity index (χ0n) is 47.9. The number of carbonyl (C=O) groups is 15. The van der Waals surface area contributed by atoms with Crippen LogP contribution in [0.15, 0.2) is 0 Å². The lowest BCUT2D eigenvalue weighted by atomic mass is 10.3. The molecule has 0 unspecified atom stereocenters. The van der Waals surface area contributed by atoms with E-state index in [0.29, 0.717) is 6.42 Å². The minimum atomic E-state index is -1.18. The lowest BCUT2D eigenvalue weighted by Crippen LogP contribution is -2.43. The first-order chi connectivity index (χ1) is 40.5. The second kappa shape index (κ2) is 54.2. The fraction of sp³-hybridized carbons (Fsp3) is 0.688. The van der Waals surface area contributed by atoms with Crippen molar-refractivity contribution < 1.29 is 158 Å². The molecular formula is C48H84N8O32. The maximum Gasteiger partial charge on any atom is 0.319 e. The van der Waals surface area contributed by atoms with Crippen LogP contribution in [0.2, 0.25) is 0 Å². The summed E-state index contributed by atoms with van der Waals surface area (Å²) in [4.78, 5) is 170. The third-order valence-corrected chi connectivity index (χ3v) is 10.00. The molecule has 14 N–H and O–H groups in total. The van der Waals surface area contributed by atoms with E-state index in [4.69, 9.17) is 81.0 Å². The number of carbonyl (C=O) groups excluding carboxylic acids is 2. The lowest BCUT2D eigenvalue weighted by molar-refractivity contribution is -0.145. The molecule has 0 saturated carbocycles. The molecule has 0 aliphatic rings. The molecular weight excluding hydrogens is 1200 g/mol. The van der Waals surface area contributed by atoms with Crippen molar-refractivity contribution in [2.75, 3.05) is 197 Å². The third-order valence-electron chi connectivity index (χ3n) is 10.00. The molecule has 0 saturated heterocycles. The number of esters is 1. The van der Waals surface area contributed by atoms with Gasteiger partial charge in [-0.3, -0.25) is 111 Å². The van der Waals surface area contributed by atoms with Crippen molar-refractivity contribution >= 4 is 89.4 Å². The summed E-state index contributed by atoms with van der Waals surface area (Å²) in [6.07, 6.45) is 0.310. The van der Waals surface area contributed by atoms with Gasteiger partial charge in [-0.2, -0.15) is 0 Å². The maximum absolute atomic E-state index is 11.2. The molecule has 40 heteroatoms. The minimum absolute atomic E-state index is 0. The van der Waals surface area contributed by atoms with Gasteiger partial charge in [0.2, 0.25) is 0 Å². The van der Waals surface area contributed by atoms with Gasteiger partial charge in [-0.05, 0) is 13.3 Å². The molecule has 508 valence electrons. The van der Waals surface area contributed by atoms with E-state index in [2.05, 4.69) is 4.74 Å². The quantitative estimate of drug-likeness (QED) is 0.0199. The van der Waals surface area contributed by atoms with E-state index in [1.54, 1.807) is 0 Å². The number of ether oxygens (including phenoxy) is 3. The molecule has 0 aliphatic carbocycles. The van der Waals surface area contributed by atoms with Crippen LogP contribution in [0.4, 0.5) is 0 Å². The molecule has 0 radical (unpaired) electrons. The Morgan fingerprint density at radius 1 is 0.273 bits per heavy atom. The number of rotatable bonds is 51. The fourth-order valence-electron chi connectivity index (χ4n) is 6.75. The van der Waals surface area contributed by atoms with Crippen molar-refractivity contribution in [1.82, 2.24) is 39.2 Å². The number of methoxy groups -OCH3 is 1. The van der Waals surface area contributed by atoms with Crippen molar-refractivity contribution in [3.63, 3.8) is 0 Å². The Hall–Kier alpha value is -8.19. The van der Waals surface area contributed by atoms with Crippen molar-refractivity contribution in [1.29, 1.82) is 0 Å². The standard InChI is InChI=1S/C14H24N2O10.C12H20N2O8.C11H18N2O7.C10H18N2O7.CH4/c17-11(18)7-15(8-12(19)20)1-3-25-5-6-26-4-2-16(9-13(21)22)10-14(23)24;1-22-12(21)8-14(7-11(19)20)4-2-3-13(5-9(15)16)6-10(17)18;1-8(14)4-12(5-9(15)16)2-3-13(6-10(17)18)7-11(19)20;13-4-3-11(5-8(14)15)1-2-12(6-9(16)17)7-10(18)19;/h1-10H2,(H,17,18)(H,19,20)(H,21,22)(H,23,24);2-8H2,1H3,(H,15,16)(H,17,18)(H,19,20);2-7H2,1H3,(H,15,16)(H,17,18)(H,19,20);13H,1-7H2,(H,14,15)(H,16,17)(H,18,19);1H4. The summed E-state index contributed by atoms with van der Waals surface area (Å²) in [5.74, 6) is -15.7. The van der Waals surface area contributed by atoms with Gasteiger partial charge in [0.25, 0.3) is 0 Å². The van der Waals surface area contributed by atoms with Crippen LogP contribution in [0, 0.1) is 0 Å². The summed E-state index contributed by atoms with van der Waals surface area (Å²) in [7, 11) is 1.18. The Morgan fingerprint density at radius 2 is 0.477 bits per heavy atom. The van der Waals surface area contributed by atoms with E-state index in [9.17, 15) is 71.9 Å². The van der Waals surface area contributed by atoms with Crippen LogP contribution in [0.3, 0.4) is 0 Å². The molecule has 0 aromatic carbocycles. The zero-order chi connectivity index (χ0) is 67.6. The molecule has 40 nitrogen and oxygen atoms in total. The topological polar surface area (TPSA) is 593 Å². The van der Waals surface area contributed by atoms with Crippen LogP contribution in [-0.4, -0.2) is 397 Å². The summed E-state index contributed by atoms with van der Waals surface area (Å²) in [5, 5.41) is 122. The highest BCUT2D eigenvalue weighted by Crippen LogP contribution is 2.00. The van der Waals surface area contributed by atoms with Gasteiger partial charge in [0.15, 0.2) is 0 Å². The average Bonchev–Trinajstić information content (AvgIpc) is 3.54. The fourth-order valence-corrected chi connectivity index (χ4v) is 6.75. The van der Waals surface area contributed by atoms with Gasteiger partial charge in [-0.1, -0.05) is 7.43 Å². The summed E-state index contributed by atoms with van der Waals surface area (Å²) in [6, 6.07) is 0.